The molecule has 2 aliphatic heterocycles. The van der Waals surface area contributed by atoms with Crippen molar-refractivity contribution in [2.75, 3.05) is 26.7 Å². The second-order valence-electron chi connectivity index (χ2n) is 6.16. The summed E-state index contributed by atoms with van der Waals surface area (Å²) >= 11 is 0. The highest BCUT2D eigenvalue weighted by Crippen LogP contribution is 2.20. The Hall–Kier alpha value is -0.610. The number of hydrogen-bond donors (Lipinski definition) is 1. The number of carbonyl (C=O) groups excluding carboxylic acids is 1. The fourth-order valence-electron chi connectivity index (χ4n) is 3.16. The number of nitrogens with zero attached hydrogens (tertiary/aromatic N) is 2. The van der Waals surface area contributed by atoms with Gasteiger partial charge >= 0.3 is 0 Å². The van der Waals surface area contributed by atoms with Crippen LogP contribution in [0.15, 0.2) is 0 Å². The summed E-state index contributed by atoms with van der Waals surface area (Å²) in [6, 6.07) is 0.953. The molecule has 4 nitrogen and oxygen atoms in total. The van der Waals surface area contributed by atoms with Crippen molar-refractivity contribution in [3.8, 4) is 0 Å². The van der Waals surface area contributed by atoms with Crippen molar-refractivity contribution in [1.82, 2.24) is 15.1 Å². The Morgan fingerprint density at radius 1 is 1.17 bits per heavy atom. The van der Waals surface area contributed by atoms with Gasteiger partial charge in [-0.05, 0) is 46.2 Å². The molecular weight excluding hydrogens is 226 g/mol. The maximum Gasteiger partial charge on any atom is 0.240 e. The van der Waals surface area contributed by atoms with E-state index >= 15 is 0 Å². The van der Waals surface area contributed by atoms with E-state index in [1.807, 2.05) is 0 Å². The Kier molecular flexibility index (Phi) is 4.28. The van der Waals surface area contributed by atoms with E-state index in [1.165, 1.54) is 12.8 Å². The van der Waals surface area contributed by atoms with Gasteiger partial charge in [-0.3, -0.25) is 9.69 Å². The van der Waals surface area contributed by atoms with E-state index in [4.69, 9.17) is 0 Å². The molecule has 2 rings (SSSR count). The summed E-state index contributed by atoms with van der Waals surface area (Å²) in [7, 11) is 2.15. The van der Waals surface area contributed by atoms with Crippen LogP contribution >= 0.6 is 0 Å². The highest BCUT2D eigenvalue weighted by Gasteiger charge is 2.35. The molecule has 0 radical (unpaired) electrons. The summed E-state index contributed by atoms with van der Waals surface area (Å²) in [6.45, 7) is 9.31. The third-order valence-electron chi connectivity index (χ3n) is 4.71. The van der Waals surface area contributed by atoms with E-state index in [-0.39, 0.29) is 6.04 Å². The van der Waals surface area contributed by atoms with Crippen LogP contribution in [0.1, 0.15) is 33.6 Å². The van der Waals surface area contributed by atoms with Crippen LogP contribution < -0.4 is 5.32 Å². The van der Waals surface area contributed by atoms with Crippen molar-refractivity contribution in [1.29, 1.82) is 0 Å². The number of likely N-dealkylation sites (N-methyl/N-ethyl adjacent to an activating group) is 1. The van der Waals surface area contributed by atoms with Gasteiger partial charge in [0, 0.05) is 25.2 Å². The van der Waals surface area contributed by atoms with Gasteiger partial charge in [-0.1, -0.05) is 6.92 Å². The molecule has 0 bridgehead atoms. The van der Waals surface area contributed by atoms with Crippen molar-refractivity contribution >= 4 is 5.91 Å². The van der Waals surface area contributed by atoms with Gasteiger partial charge in [-0.15, -0.1) is 0 Å². The van der Waals surface area contributed by atoms with E-state index in [1.54, 1.807) is 0 Å². The Morgan fingerprint density at radius 2 is 1.78 bits per heavy atom. The molecule has 0 aromatic rings. The smallest absolute Gasteiger partial charge is 0.240 e. The molecule has 0 spiro atoms. The van der Waals surface area contributed by atoms with Gasteiger partial charge in [0.15, 0.2) is 0 Å². The molecule has 4 heteroatoms. The molecular formula is C14H27N3O. The number of amides is 1. The minimum Gasteiger partial charge on any atom is -0.338 e. The number of nitrogens with one attached hydrogen (secondary N) is 1. The number of rotatable bonds is 1. The number of carbonyl (C=O) groups is 1. The monoisotopic (exact) mass is 253 g/mol. The van der Waals surface area contributed by atoms with E-state index in [0.717, 1.165) is 19.6 Å². The van der Waals surface area contributed by atoms with Crippen molar-refractivity contribution in [3.05, 3.63) is 0 Å². The van der Waals surface area contributed by atoms with Gasteiger partial charge < -0.3 is 10.2 Å². The zero-order valence-electron chi connectivity index (χ0n) is 12.1. The minimum atomic E-state index is 0.0431. The van der Waals surface area contributed by atoms with Crippen molar-refractivity contribution in [3.63, 3.8) is 0 Å². The summed E-state index contributed by atoms with van der Waals surface area (Å²) in [5.74, 6) is 0.783. The van der Waals surface area contributed by atoms with E-state index in [0.29, 0.717) is 23.9 Å². The largest absolute Gasteiger partial charge is 0.338 e. The minimum absolute atomic E-state index is 0.0431. The fraction of sp³-hybridized carbons (Fsp3) is 0.929. The first kappa shape index (κ1) is 13.8. The lowest BCUT2D eigenvalue weighted by atomic mass is 9.91. The van der Waals surface area contributed by atoms with Gasteiger partial charge in [0.2, 0.25) is 5.91 Å². The third-order valence-corrected chi connectivity index (χ3v) is 4.71. The Morgan fingerprint density at radius 3 is 2.33 bits per heavy atom. The second kappa shape index (κ2) is 5.57. The molecule has 0 saturated carbocycles. The molecule has 1 N–H and O–H groups in total. The lowest BCUT2D eigenvalue weighted by Crippen LogP contribution is -2.61. The first-order valence-electron chi connectivity index (χ1n) is 7.24. The standard InChI is InChI=1S/C14H27N3O/c1-10-6-5-7-15-13(10)14(18)17-8-11(2)16(4)12(3)9-17/h10-13,15H,5-9H2,1-4H3. The van der Waals surface area contributed by atoms with E-state index < -0.39 is 0 Å². The molecule has 0 aliphatic carbocycles. The first-order chi connectivity index (χ1) is 8.50. The summed E-state index contributed by atoms with van der Waals surface area (Å²) < 4.78 is 0. The summed E-state index contributed by atoms with van der Waals surface area (Å²) in [4.78, 5) is 17.0. The van der Waals surface area contributed by atoms with Gasteiger partial charge in [-0.2, -0.15) is 0 Å². The number of hydrogen-bond acceptors (Lipinski definition) is 3. The molecule has 1 amide bonds. The quantitative estimate of drug-likeness (QED) is 0.755. The zero-order valence-corrected chi connectivity index (χ0v) is 12.1. The zero-order chi connectivity index (χ0) is 13.3. The van der Waals surface area contributed by atoms with E-state index in [9.17, 15) is 4.79 Å². The Labute approximate surface area is 111 Å². The van der Waals surface area contributed by atoms with Crippen LogP contribution in [-0.4, -0.2) is 60.5 Å². The molecule has 2 heterocycles. The number of piperidine rings is 1. The maximum atomic E-state index is 12.6. The predicted octanol–water partition coefficient (Wildman–Crippen LogP) is 0.926. The molecule has 2 aliphatic rings. The van der Waals surface area contributed by atoms with Crippen LogP contribution in [-0.2, 0) is 4.79 Å². The maximum absolute atomic E-state index is 12.6. The highest BCUT2D eigenvalue weighted by molar-refractivity contribution is 5.82. The van der Waals surface area contributed by atoms with Crippen LogP contribution in [0.5, 0.6) is 0 Å². The molecule has 0 aromatic carbocycles. The van der Waals surface area contributed by atoms with Gasteiger partial charge in [-0.25, -0.2) is 0 Å². The molecule has 4 unspecified atom stereocenters. The van der Waals surface area contributed by atoms with Crippen molar-refractivity contribution in [2.45, 2.75) is 51.7 Å². The van der Waals surface area contributed by atoms with Crippen LogP contribution in [0.3, 0.4) is 0 Å². The van der Waals surface area contributed by atoms with Crippen molar-refractivity contribution in [2.24, 2.45) is 5.92 Å². The molecule has 4 atom stereocenters. The molecule has 0 aromatic heterocycles. The van der Waals surface area contributed by atoms with Crippen LogP contribution in [0.4, 0.5) is 0 Å². The summed E-state index contributed by atoms with van der Waals surface area (Å²) in [6.07, 6.45) is 2.36. The Balaban J connectivity index is 2.00. The lowest BCUT2D eigenvalue weighted by Gasteiger charge is -2.44. The van der Waals surface area contributed by atoms with Crippen LogP contribution in [0, 0.1) is 5.92 Å². The van der Waals surface area contributed by atoms with Crippen LogP contribution in [0.25, 0.3) is 0 Å². The third kappa shape index (κ3) is 2.69. The van der Waals surface area contributed by atoms with Gasteiger partial charge in [0.1, 0.15) is 0 Å². The number of piperazine rings is 1. The average Bonchev–Trinajstić information content (AvgIpc) is 2.35. The second-order valence-corrected chi connectivity index (χ2v) is 6.16. The molecule has 2 fully saturated rings. The molecule has 104 valence electrons. The van der Waals surface area contributed by atoms with E-state index in [2.05, 4.69) is 42.9 Å². The summed E-state index contributed by atoms with van der Waals surface area (Å²) in [5, 5.41) is 3.40. The normalized spacial score (nSPS) is 38.8. The topological polar surface area (TPSA) is 35.6 Å². The van der Waals surface area contributed by atoms with Gasteiger partial charge in [0.05, 0.1) is 6.04 Å². The fourth-order valence-corrected chi connectivity index (χ4v) is 3.16. The van der Waals surface area contributed by atoms with Crippen LogP contribution in [0.2, 0.25) is 0 Å². The lowest BCUT2D eigenvalue weighted by molar-refractivity contribution is -0.139. The average molecular weight is 253 g/mol. The highest BCUT2D eigenvalue weighted by atomic mass is 16.2. The SMILES string of the molecule is CC1CCCNC1C(=O)N1CC(C)N(C)C(C)C1. The first-order valence-corrected chi connectivity index (χ1v) is 7.24. The Bertz CT molecular complexity index is 295. The predicted molar refractivity (Wildman–Crippen MR) is 73.5 cm³/mol. The molecule has 2 saturated heterocycles. The van der Waals surface area contributed by atoms with Gasteiger partial charge in [0.25, 0.3) is 0 Å². The summed E-state index contributed by atoms with van der Waals surface area (Å²) in [5.41, 5.74) is 0. The molecule has 18 heavy (non-hydrogen) atoms. The van der Waals surface area contributed by atoms with Crippen molar-refractivity contribution < 1.29 is 4.79 Å².